The van der Waals surface area contributed by atoms with E-state index in [0.717, 1.165) is 0 Å². The van der Waals surface area contributed by atoms with Crippen molar-refractivity contribution in [2.24, 2.45) is 5.92 Å². The van der Waals surface area contributed by atoms with E-state index in [1.807, 2.05) is 17.7 Å². The third-order valence-electron chi connectivity index (χ3n) is 3.24. The Morgan fingerprint density at radius 1 is 1.58 bits per heavy atom. The Hall–Kier alpha value is -2.05. The summed E-state index contributed by atoms with van der Waals surface area (Å²) in [5.41, 5.74) is 0. The van der Waals surface area contributed by atoms with Crippen LogP contribution in [0.25, 0.3) is 0 Å². The number of imidazole rings is 1. The first kappa shape index (κ1) is 13.4. The molecule has 1 aliphatic rings. The molecule has 0 aliphatic carbocycles. The Balaban J connectivity index is 1.79. The summed E-state index contributed by atoms with van der Waals surface area (Å²) in [6.45, 7) is 3.34. The normalized spacial score (nSPS) is 20.3. The van der Waals surface area contributed by atoms with Gasteiger partial charge in [-0.25, -0.2) is 9.78 Å². The van der Waals surface area contributed by atoms with E-state index in [4.69, 9.17) is 5.11 Å². The number of hydrogen-bond donors (Lipinski definition) is 2. The maximum atomic E-state index is 11.9. The van der Waals surface area contributed by atoms with Crippen molar-refractivity contribution >= 4 is 12.0 Å². The molecule has 19 heavy (non-hydrogen) atoms. The highest BCUT2D eigenvalue weighted by atomic mass is 16.4. The summed E-state index contributed by atoms with van der Waals surface area (Å²) >= 11 is 0. The molecular weight excluding hydrogens is 248 g/mol. The molecule has 104 valence electrons. The van der Waals surface area contributed by atoms with Crippen LogP contribution in [-0.4, -0.2) is 50.7 Å². The minimum absolute atomic E-state index is 0.0365. The molecule has 0 spiro atoms. The van der Waals surface area contributed by atoms with Gasteiger partial charge in [0, 0.05) is 38.1 Å². The fourth-order valence-corrected chi connectivity index (χ4v) is 2.20. The number of likely N-dealkylation sites (tertiary alicyclic amines) is 1. The second-order valence-corrected chi connectivity index (χ2v) is 4.88. The molecule has 2 amide bonds. The van der Waals surface area contributed by atoms with Gasteiger partial charge in [-0.2, -0.15) is 0 Å². The third-order valence-corrected chi connectivity index (χ3v) is 3.24. The lowest BCUT2D eigenvalue weighted by atomic mass is 10.1. The molecule has 1 aromatic rings. The van der Waals surface area contributed by atoms with Crippen LogP contribution < -0.4 is 5.32 Å². The molecule has 2 rings (SSSR count). The number of carbonyl (C=O) groups is 2. The average molecular weight is 266 g/mol. The first-order valence-electron chi connectivity index (χ1n) is 6.30. The molecule has 2 heterocycles. The maximum Gasteiger partial charge on any atom is 0.317 e. The molecule has 1 aromatic heterocycles. The van der Waals surface area contributed by atoms with Gasteiger partial charge in [0.25, 0.3) is 0 Å². The number of carboxylic acids is 1. The minimum Gasteiger partial charge on any atom is -0.481 e. The summed E-state index contributed by atoms with van der Waals surface area (Å²) in [5.74, 6) is -1.27. The molecule has 0 aromatic carbocycles. The molecule has 1 fully saturated rings. The van der Waals surface area contributed by atoms with E-state index in [1.165, 1.54) is 0 Å². The number of rotatable bonds is 4. The van der Waals surface area contributed by atoms with Gasteiger partial charge in [-0.15, -0.1) is 0 Å². The number of aromatic nitrogens is 2. The van der Waals surface area contributed by atoms with E-state index in [9.17, 15) is 9.59 Å². The van der Waals surface area contributed by atoms with E-state index in [2.05, 4.69) is 10.3 Å². The van der Waals surface area contributed by atoms with Crippen LogP contribution in [0.15, 0.2) is 18.7 Å². The number of aliphatic carboxylic acids is 1. The molecule has 0 bridgehead atoms. The van der Waals surface area contributed by atoms with Gasteiger partial charge >= 0.3 is 12.0 Å². The van der Waals surface area contributed by atoms with E-state index in [-0.39, 0.29) is 12.1 Å². The van der Waals surface area contributed by atoms with Crippen molar-refractivity contribution in [1.82, 2.24) is 19.8 Å². The molecule has 0 saturated carbocycles. The first-order chi connectivity index (χ1) is 9.06. The Labute approximate surface area is 111 Å². The number of carbonyl (C=O) groups excluding carboxylic acids is 1. The fraction of sp³-hybridized carbons (Fsp3) is 0.583. The topological polar surface area (TPSA) is 87.5 Å². The largest absolute Gasteiger partial charge is 0.481 e. The number of nitrogens with one attached hydrogen (secondary N) is 1. The van der Waals surface area contributed by atoms with E-state index in [0.29, 0.717) is 26.1 Å². The summed E-state index contributed by atoms with van der Waals surface area (Å²) in [7, 11) is 0. The molecule has 2 unspecified atom stereocenters. The van der Waals surface area contributed by atoms with Crippen LogP contribution in [-0.2, 0) is 11.3 Å². The molecule has 2 N–H and O–H groups in total. The predicted octanol–water partition coefficient (Wildman–Crippen LogP) is 0.388. The Bertz CT molecular complexity index is 446. The number of urea groups is 1. The maximum absolute atomic E-state index is 11.9. The zero-order valence-corrected chi connectivity index (χ0v) is 10.8. The SMILES string of the molecule is CC(Cn1ccnc1)NC(=O)N1CCC(C(=O)O)C1. The molecule has 1 aliphatic heterocycles. The van der Waals surface area contributed by atoms with Crippen LogP contribution in [0.4, 0.5) is 4.79 Å². The number of hydrogen-bond acceptors (Lipinski definition) is 3. The van der Waals surface area contributed by atoms with Crippen molar-refractivity contribution in [2.75, 3.05) is 13.1 Å². The fourth-order valence-electron chi connectivity index (χ4n) is 2.20. The summed E-state index contributed by atoms with van der Waals surface area (Å²) in [6.07, 6.45) is 5.74. The molecule has 7 heteroatoms. The van der Waals surface area contributed by atoms with Gasteiger partial charge in [0.15, 0.2) is 0 Å². The summed E-state index contributed by atoms with van der Waals surface area (Å²) in [6, 6.07) is -0.234. The standard InChI is InChI=1S/C12H18N4O3/c1-9(6-15-5-3-13-8-15)14-12(19)16-4-2-10(7-16)11(17)18/h3,5,8-10H,2,4,6-7H2,1H3,(H,14,19)(H,17,18). The van der Waals surface area contributed by atoms with E-state index in [1.54, 1.807) is 17.4 Å². The van der Waals surface area contributed by atoms with Crippen molar-refractivity contribution in [2.45, 2.75) is 25.9 Å². The second-order valence-electron chi connectivity index (χ2n) is 4.88. The number of nitrogens with zero attached hydrogens (tertiary/aromatic N) is 3. The molecule has 2 atom stereocenters. The molecular formula is C12H18N4O3. The zero-order valence-electron chi connectivity index (χ0n) is 10.8. The quantitative estimate of drug-likeness (QED) is 0.825. The van der Waals surface area contributed by atoms with Gasteiger partial charge in [0.2, 0.25) is 0 Å². The summed E-state index contributed by atoms with van der Waals surface area (Å²) in [5, 5.41) is 11.8. The first-order valence-corrected chi connectivity index (χ1v) is 6.30. The lowest BCUT2D eigenvalue weighted by molar-refractivity contribution is -0.141. The van der Waals surface area contributed by atoms with E-state index >= 15 is 0 Å². The molecule has 7 nitrogen and oxygen atoms in total. The van der Waals surface area contributed by atoms with Crippen LogP contribution in [0, 0.1) is 5.92 Å². The van der Waals surface area contributed by atoms with Crippen LogP contribution in [0.5, 0.6) is 0 Å². The smallest absolute Gasteiger partial charge is 0.317 e. The van der Waals surface area contributed by atoms with Crippen LogP contribution >= 0.6 is 0 Å². The Kier molecular flexibility index (Phi) is 4.03. The van der Waals surface area contributed by atoms with Crippen LogP contribution in [0.3, 0.4) is 0 Å². The Morgan fingerprint density at radius 3 is 2.95 bits per heavy atom. The predicted molar refractivity (Wildman–Crippen MR) is 67.5 cm³/mol. The van der Waals surface area contributed by atoms with Crippen molar-refractivity contribution in [3.8, 4) is 0 Å². The van der Waals surface area contributed by atoms with Gasteiger partial charge in [0.1, 0.15) is 0 Å². The summed E-state index contributed by atoms with van der Waals surface area (Å²) < 4.78 is 1.88. The third kappa shape index (κ3) is 3.46. The molecule has 1 saturated heterocycles. The van der Waals surface area contributed by atoms with Gasteiger partial charge in [-0.3, -0.25) is 4.79 Å². The molecule has 0 radical (unpaired) electrons. The highest BCUT2D eigenvalue weighted by Gasteiger charge is 2.31. The zero-order chi connectivity index (χ0) is 13.8. The van der Waals surface area contributed by atoms with Gasteiger partial charge in [-0.1, -0.05) is 0 Å². The number of amides is 2. The summed E-state index contributed by atoms with van der Waals surface area (Å²) in [4.78, 5) is 28.3. The Morgan fingerprint density at radius 2 is 2.37 bits per heavy atom. The average Bonchev–Trinajstić information content (AvgIpc) is 2.98. The van der Waals surface area contributed by atoms with Gasteiger partial charge in [-0.05, 0) is 13.3 Å². The van der Waals surface area contributed by atoms with Crippen molar-refractivity contribution in [3.63, 3.8) is 0 Å². The van der Waals surface area contributed by atoms with Gasteiger partial charge in [0.05, 0.1) is 12.2 Å². The lowest BCUT2D eigenvalue weighted by Gasteiger charge is -2.21. The van der Waals surface area contributed by atoms with Crippen molar-refractivity contribution in [1.29, 1.82) is 0 Å². The van der Waals surface area contributed by atoms with E-state index < -0.39 is 11.9 Å². The highest BCUT2D eigenvalue weighted by Crippen LogP contribution is 2.16. The number of carboxylic acid groups (broad SMARTS) is 1. The van der Waals surface area contributed by atoms with Crippen molar-refractivity contribution < 1.29 is 14.7 Å². The second kappa shape index (κ2) is 5.73. The van der Waals surface area contributed by atoms with Crippen LogP contribution in [0.2, 0.25) is 0 Å². The highest BCUT2D eigenvalue weighted by molar-refractivity contribution is 5.77. The minimum atomic E-state index is -0.832. The van der Waals surface area contributed by atoms with Gasteiger partial charge < -0.3 is 19.9 Å². The van der Waals surface area contributed by atoms with Crippen molar-refractivity contribution in [3.05, 3.63) is 18.7 Å². The monoisotopic (exact) mass is 266 g/mol. The van der Waals surface area contributed by atoms with Crippen LogP contribution in [0.1, 0.15) is 13.3 Å². The lowest BCUT2D eigenvalue weighted by Crippen LogP contribution is -2.44.